The topological polar surface area (TPSA) is 68.3 Å². The number of nitrogens with zero attached hydrogens (tertiary/aromatic N) is 1. The number of hydrogen-bond donors (Lipinski definition) is 1. The molecule has 76 valence electrons. The summed E-state index contributed by atoms with van der Waals surface area (Å²) >= 11 is 12.4. The lowest BCUT2D eigenvalue weighted by Gasteiger charge is -2.02. The van der Waals surface area contributed by atoms with E-state index in [0.29, 0.717) is 11.5 Å². The van der Waals surface area contributed by atoms with Gasteiger partial charge < -0.3 is 10.1 Å². The van der Waals surface area contributed by atoms with Crippen molar-refractivity contribution in [3.8, 4) is 0 Å². The number of anilines is 1. The highest BCUT2D eigenvalue weighted by Gasteiger charge is 2.18. The second-order valence-electron chi connectivity index (χ2n) is 1.99. The molecule has 8 heteroatoms. The van der Waals surface area contributed by atoms with E-state index in [2.05, 4.69) is 15.0 Å². The van der Waals surface area contributed by atoms with Crippen molar-refractivity contribution >= 4 is 52.6 Å². The smallest absolute Gasteiger partial charge is 0.294 e. The Morgan fingerprint density at radius 1 is 1.57 bits per heavy atom. The molecule has 0 saturated carbocycles. The number of carbonyl (C=O) groups excluding carboxylic acids is 2. The van der Waals surface area contributed by atoms with Gasteiger partial charge in [0.2, 0.25) is 12.0 Å². The lowest BCUT2D eigenvalue weighted by molar-refractivity contribution is -0.130. The van der Waals surface area contributed by atoms with Crippen molar-refractivity contribution in [2.45, 2.75) is 5.56 Å². The summed E-state index contributed by atoms with van der Waals surface area (Å²) in [6.45, 7) is 0.195. The van der Waals surface area contributed by atoms with Crippen molar-refractivity contribution in [1.82, 2.24) is 4.98 Å². The molecule has 5 nitrogen and oxygen atoms in total. The summed E-state index contributed by atoms with van der Waals surface area (Å²) in [7, 11) is 0. The SMILES string of the molecule is O=CNc1nc(C(Cl)OC=O)c(Cl)s1. The number of hydrogen-bond acceptors (Lipinski definition) is 5. The van der Waals surface area contributed by atoms with Gasteiger partial charge in [0, 0.05) is 0 Å². The van der Waals surface area contributed by atoms with Crippen LogP contribution in [0.5, 0.6) is 0 Å². The molecular formula is C6H4Cl2N2O3S. The first kappa shape index (κ1) is 11.2. The van der Waals surface area contributed by atoms with E-state index < -0.39 is 5.56 Å². The molecule has 1 aromatic heterocycles. The van der Waals surface area contributed by atoms with E-state index >= 15 is 0 Å². The number of halogens is 2. The lowest BCUT2D eigenvalue weighted by atomic mass is 10.5. The molecule has 1 rings (SSSR count). The summed E-state index contributed by atoms with van der Waals surface area (Å²) in [6, 6.07) is 0. The van der Waals surface area contributed by atoms with Crippen molar-refractivity contribution in [1.29, 1.82) is 0 Å². The average molecular weight is 255 g/mol. The number of ether oxygens (including phenoxy) is 1. The molecule has 1 amide bonds. The van der Waals surface area contributed by atoms with Crippen LogP contribution in [-0.2, 0) is 14.3 Å². The molecule has 0 radical (unpaired) electrons. The van der Waals surface area contributed by atoms with Gasteiger partial charge >= 0.3 is 0 Å². The number of alkyl halides is 1. The van der Waals surface area contributed by atoms with Crippen molar-refractivity contribution in [2.75, 3.05) is 5.32 Å². The quantitative estimate of drug-likeness (QED) is 0.643. The standard InChI is InChI=1S/C6H4Cl2N2O3S/c7-4(13-2-12)3-5(8)14-6(10-3)9-1-11/h1-2,4H,(H,9,10,11). The van der Waals surface area contributed by atoms with E-state index in [9.17, 15) is 9.59 Å². The van der Waals surface area contributed by atoms with Gasteiger partial charge in [0.15, 0.2) is 5.13 Å². The number of carbonyl (C=O) groups is 2. The molecule has 1 heterocycles. The van der Waals surface area contributed by atoms with Crippen LogP contribution in [0.1, 0.15) is 11.3 Å². The van der Waals surface area contributed by atoms with Crippen molar-refractivity contribution in [3.63, 3.8) is 0 Å². The molecule has 14 heavy (non-hydrogen) atoms. The fourth-order valence-corrected chi connectivity index (χ4v) is 2.04. The second-order valence-corrected chi connectivity index (χ2v) is 3.99. The first-order valence-corrected chi connectivity index (χ1v) is 4.91. The molecule has 0 spiro atoms. The Kier molecular flexibility index (Phi) is 4.12. The van der Waals surface area contributed by atoms with E-state index in [4.69, 9.17) is 23.2 Å². The third-order valence-corrected chi connectivity index (χ3v) is 2.71. The third kappa shape index (κ3) is 2.57. The summed E-state index contributed by atoms with van der Waals surface area (Å²) in [6.07, 6.45) is 0.461. The predicted octanol–water partition coefficient (Wildman–Crippen LogP) is 1.78. The van der Waals surface area contributed by atoms with Gasteiger partial charge in [-0.15, -0.1) is 0 Å². The van der Waals surface area contributed by atoms with E-state index in [1.165, 1.54) is 0 Å². The Morgan fingerprint density at radius 3 is 2.86 bits per heavy atom. The zero-order valence-corrected chi connectivity index (χ0v) is 8.90. The van der Waals surface area contributed by atoms with Crippen molar-refractivity contribution in [3.05, 3.63) is 10.0 Å². The first-order valence-electron chi connectivity index (χ1n) is 3.28. The third-order valence-electron chi connectivity index (χ3n) is 1.18. The lowest BCUT2D eigenvalue weighted by Crippen LogP contribution is -1.98. The fourth-order valence-electron chi connectivity index (χ4n) is 0.679. The van der Waals surface area contributed by atoms with Crippen molar-refractivity contribution in [2.24, 2.45) is 0 Å². The van der Waals surface area contributed by atoms with Gasteiger partial charge in [-0.3, -0.25) is 9.59 Å². The number of amides is 1. The molecule has 1 unspecified atom stereocenters. The molecule has 0 aliphatic rings. The minimum Gasteiger partial charge on any atom is -0.442 e. The summed E-state index contributed by atoms with van der Waals surface area (Å²) in [5.74, 6) is 0. The molecule has 0 saturated heterocycles. The van der Waals surface area contributed by atoms with E-state index in [1.807, 2.05) is 0 Å². The summed E-state index contributed by atoms with van der Waals surface area (Å²) in [5, 5.41) is 2.60. The molecule has 0 aromatic carbocycles. The number of aromatic nitrogens is 1. The Balaban J connectivity index is 2.85. The summed E-state index contributed by atoms with van der Waals surface area (Å²) in [5.41, 5.74) is -0.840. The van der Waals surface area contributed by atoms with Crippen LogP contribution >= 0.6 is 34.5 Å². The zero-order chi connectivity index (χ0) is 10.6. The van der Waals surface area contributed by atoms with E-state index in [1.54, 1.807) is 0 Å². The van der Waals surface area contributed by atoms with Gasteiger partial charge in [0.1, 0.15) is 10.0 Å². The maximum absolute atomic E-state index is 10.1. The molecule has 1 N–H and O–H groups in total. The van der Waals surface area contributed by atoms with Crippen LogP contribution in [0.15, 0.2) is 0 Å². The van der Waals surface area contributed by atoms with Crippen molar-refractivity contribution < 1.29 is 14.3 Å². The Labute approximate surface area is 93.0 Å². The van der Waals surface area contributed by atoms with E-state index in [0.717, 1.165) is 11.3 Å². The maximum Gasteiger partial charge on any atom is 0.294 e. The Morgan fingerprint density at radius 2 is 2.29 bits per heavy atom. The van der Waals surface area contributed by atoms with Crippen LogP contribution in [0.2, 0.25) is 4.34 Å². The molecule has 0 fully saturated rings. The molecule has 1 aromatic rings. The minimum atomic E-state index is -1.04. The van der Waals surface area contributed by atoms with Crippen LogP contribution in [-0.4, -0.2) is 17.9 Å². The highest BCUT2D eigenvalue weighted by molar-refractivity contribution is 7.19. The van der Waals surface area contributed by atoms with Gasteiger partial charge in [-0.2, -0.15) is 0 Å². The van der Waals surface area contributed by atoms with Gasteiger partial charge in [-0.1, -0.05) is 34.5 Å². The van der Waals surface area contributed by atoms with Crippen LogP contribution in [0.4, 0.5) is 5.13 Å². The van der Waals surface area contributed by atoms with Crippen LogP contribution in [0, 0.1) is 0 Å². The predicted molar refractivity (Wildman–Crippen MR) is 52.6 cm³/mol. The summed E-state index contributed by atoms with van der Waals surface area (Å²) in [4.78, 5) is 23.9. The monoisotopic (exact) mass is 254 g/mol. The minimum absolute atomic E-state index is 0.195. The highest BCUT2D eigenvalue weighted by Crippen LogP contribution is 2.34. The number of nitrogens with one attached hydrogen (secondary N) is 1. The number of thiazole rings is 1. The molecule has 0 aliphatic heterocycles. The zero-order valence-electron chi connectivity index (χ0n) is 6.57. The summed E-state index contributed by atoms with van der Waals surface area (Å²) < 4.78 is 4.69. The number of rotatable bonds is 5. The van der Waals surface area contributed by atoms with Gasteiger partial charge in [-0.25, -0.2) is 4.98 Å². The molecule has 0 bridgehead atoms. The largest absolute Gasteiger partial charge is 0.442 e. The first-order chi connectivity index (χ1) is 6.69. The van der Waals surface area contributed by atoms with Gasteiger partial charge in [0.25, 0.3) is 6.47 Å². The Hall–Kier alpha value is -0.850. The van der Waals surface area contributed by atoms with Gasteiger partial charge in [-0.05, 0) is 0 Å². The fraction of sp³-hybridized carbons (Fsp3) is 0.167. The molecular weight excluding hydrogens is 251 g/mol. The van der Waals surface area contributed by atoms with Gasteiger partial charge in [0.05, 0.1) is 0 Å². The Bertz CT molecular complexity index is 344. The van der Waals surface area contributed by atoms with Crippen LogP contribution in [0.25, 0.3) is 0 Å². The van der Waals surface area contributed by atoms with Crippen LogP contribution in [0.3, 0.4) is 0 Å². The maximum atomic E-state index is 10.1. The second kappa shape index (κ2) is 5.14. The van der Waals surface area contributed by atoms with Crippen LogP contribution < -0.4 is 5.32 Å². The normalized spacial score (nSPS) is 11.9. The molecule has 0 aliphatic carbocycles. The highest BCUT2D eigenvalue weighted by atomic mass is 35.5. The van der Waals surface area contributed by atoms with E-state index in [-0.39, 0.29) is 16.5 Å². The molecule has 1 atom stereocenters. The average Bonchev–Trinajstić information content (AvgIpc) is 2.48.